The molecular formula is C22H16N4O3S. The van der Waals surface area contributed by atoms with E-state index < -0.39 is 0 Å². The van der Waals surface area contributed by atoms with Gasteiger partial charge < -0.3 is 9.64 Å². The molecule has 2 aromatic carbocycles. The fourth-order valence-electron chi connectivity index (χ4n) is 3.45. The number of amides is 1. The Morgan fingerprint density at radius 1 is 1.13 bits per heavy atom. The minimum atomic E-state index is -0.340. The van der Waals surface area contributed by atoms with Crippen LogP contribution in [0.4, 0.5) is 5.69 Å². The highest BCUT2D eigenvalue weighted by molar-refractivity contribution is 7.15. The Balaban J connectivity index is 1.60. The molecule has 0 atom stereocenters. The number of anilines is 1. The Bertz CT molecular complexity index is 1420. The smallest absolute Gasteiger partial charge is 0.291 e. The maximum absolute atomic E-state index is 13.0. The molecular weight excluding hydrogens is 400 g/mol. The van der Waals surface area contributed by atoms with Gasteiger partial charge in [0, 0.05) is 18.2 Å². The number of likely N-dealkylation sites (N-methyl/N-ethyl adjacent to an activating group) is 1. The number of fused-ring (bicyclic) bond motifs is 2. The van der Waals surface area contributed by atoms with Crippen molar-refractivity contribution < 1.29 is 9.53 Å². The number of nitrogens with zero attached hydrogens (tertiary/aromatic N) is 4. The van der Waals surface area contributed by atoms with Crippen molar-refractivity contribution >= 4 is 33.5 Å². The van der Waals surface area contributed by atoms with Crippen LogP contribution in [0.3, 0.4) is 0 Å². The van der Waals surface area contributed by atoms with Crippen LogP contribution in [0.25, 0.3) is 21.9 Å². The zero-order valence-corrected chi connectivity index (χ0v) is 16.8. The summed E-state index contributed by atoms with van der Waals surface area (Å²) in [6.45, 7) is 4.05. The van der Waals surface area contributed by atoms with Gasteiger partial charge in [0.25, 0.3) is 11.5 Å². The number of thiazole rings is 1. The Morgan fingerprint density at radius 3 is 2.63 bits per heavy atom. The molecule has 0 unspecified atom stereocenters. The highest BCUT2D eigenvalue weighted by Crippen LogP contribution is 2.33. The van der Waals surface area contributed by atoms with E-state index in [0.717, 1.165) is 16.8 Å². The monoisotopic (exact) mass is 416 g/mol. The van der Waals surface area contributed by atoms with Crippen LogP contribution >= 0.6 is 11.3 Å². The Hall–Kier alpha value is -3.78. The summed E-state index contributed by atoms with van der Waals surface area (Å²) in [4.78, 5) is 32.4. The first kappa shape index (κ1) is 18.3. The largest absolute Gasteiger partial charge is 0.490 e. The number of rotatable bonds is 4. The molecule has 1 aliphatic heterocycles. The Morgan fingerprint density at radius 2 is 1.90 bits per heavy atom. The molecule has 4 aromatic rings. The summed E-state index contributed by atoms with van der Waals surface area (Å²) < 4.78 is 7.09. The quantitative estimate of drug-likeness (QED) is 0.477. The van der Waals surface area contributed by atoms with E-state index in [2.05, 4.69) is 16.7 Å². The fraction of sp³-hybridized carbons (Fsp3) is 0.0909. The van der Waals surface area contributed by atoms with Crippen molar-refractivity contribution in [3.05, 3.63) is 81.6 Å². The molecule has 0 saturated carbocycles. The number of para-hydroxylation sites is 1. The zero-order valence-electron chi connectivity index (χ0n) is 16.0. The maximum Gasteiger partial charge on any atom is 0.291 e. The molecule has 0 saturated heterocycles. The lowest BCUT2D eigenvalue weighted by Gasteiger charge is -2.07. The van der Waals surface area contributed by atoms with Crippen molar-refractivity contribution in [2.45, 2.75) is 0 Å². The van der Waals surface area contributed by atoms with E-state index in [1.807, 2.05) is 48.5 Å². The van der Waals surface area contributed by atoms with Gasteiger partial charge in [0.1, 0.15) is 16.9 Å². The first-order chi connectivity index (χ1) is 14.6. The van der Waals surface area contributed by atoms with E-state index in [9.17, 15) is 9.59 Å². The Labute approximate surface area is 175 Å². The van der Waals surface area contributed by atoms with Gasteiger partial charge in [0.2, 0.25) is 4.96 Å². The van der Waals surface area contributed by atoms with Crippen LogP contribution in [0.15, 0.2) is 66.0 Å². The van der Waals surface area contributed by atoms with E-state index in [4.69, 9.17) is 4.74 Å². The summed E-state index contributed by atoms with van der Waals surface area (Å²) in [7, 11) is 1.70. The summed E-state index contributed by atoms with van der Waals surface area (Å²) >= 11 is 1.18. The molecule has 0 aliphatic carbocycles. The molecule has 3 heterocycles. The van der Waals surface area contributed by atoms with Crippen LogP contribution in [0, 0.1) is 0 Å². The second kappa shape index (κ2) is 6.93. The second-order valence-corrected chi connectivity index (χ2v) is 7.72. The van der Waals surface area contributed by atoms with Gasteiger partial charge in [-0.05, 0) is 30.3 Å². The number of carbonyl (C=O) groups excluding carboxylic acids is 1. The van der Waals surface area contributed by atoms with Crippen molar-refractivity contribution in [2.24, 2.45) is 0 Å². The van der Waals surface area contributed by atoms with Crippen LogP contribution in [-0.4, -0.2) is 34.2 Å². The van der Waals surface area contributed by atoms with Crippen molar-refractivity contribution in [2.75, 3.05) is 18.6 Å². The van der Waals surface area contributed by atoms with Crippen molar-refractivity contribution in [1.82, 2.24) is 14.6 Å². The van der Waals surface area contributed by atoms with Gasteiger partial charge in [-0.15, -0.1) is 5.10 Å². The third kappa shape index (κ3) is 2.73. The van der Waals surface area contributed by atoms with Gasteiger partial charge in [0.05, 0.1) is 11.3 Å². The lowest BCUT2D eigenvalue weighted by atomic mass is 10.1. The molecule has 0 bridgehead atoms. The average Bonchev–Trinajstić information content (AvgIpc) is 3.39. The van der Waals surface area contributed by atoms with Crippen molar-refractivity contribution in [3.63, 3.8) is 0 Å². The Kier molecular flexibility index (Phi) is 4.22. The van der Waals surface area contributed by atoms with Crippen LogP contribution in [0.2, 0.25) is 0 Å². The van der Waals surface area contributed by atoms with Crippen LogP contribution in [0.1, 0.15) is 5.56 Å². The normalized spacial score (nSPS) is 15.0. The first-order valence-electron chi connectivity index (χ1n) is 9.24. The number of aromatic nitrogens is 3. The third-order valence-corrected chi connectivity index (χ3v) is 5.95. The molecule has 0 N–H and O–H groups in total. The fourth-order valence-corrected chi connectivity index (χ4v) is 4.45. The molecule has 2 aromatic heterocycles. The van der Waals surface area contributed by atoms with E-state index in [0.29, 0.717) is 33.2 Å². The minimum Gasteiger partial charge on any atom is -0.490 e. The molecule has 0 radical (unpaired) electrons. The van der Waals surface area contributed by atoms with Crippen LogP contribution in [0.5, 0.6) is 5.75 Å². The molecule has 30 heavy (non-hydrogen) atoms. The van der Waals surface area contributed by atoms with Crippen molar-refractivity contribution in [1.29, 1.82) is 0 Å². The highest BCUT2D eigenvalue weighted by Gasteiger charge is 2.31. The highest BCUT2D eigenvalue weighted by atomic mass is 32.1. The maximum atomic E-state index is 13.0. The second-order valence-electron chi connectivity index (χ2n) is 6.75. The van der Waals surface area contributed by atoms with E-state index in [1.54, 1.807) is 18.0 Å². The topological polar surface area (TPSA) is 76.8 Å². The molecule has 0 spiro atoms. The molecule has 148 valence electrons. The molecule has 1 aliphatic rings. The van der Waals surface area contributed by atoms with E-state index in [1.165, 1.54) is 15.9 Å². The van der Waals surface area contributed by atoms with Crippen LogP contribution < -0.4 is 19.7 Å². The minimum absolute atomic E-state index is 0.201. The molecule has 7 nitrogen and oxygen atoms in total. The lowest BCUT2D eigenvalue weighted by Crippen LogP contribution is -2.30. The van der Waals surface area contributed by atoms with Gasteiger partial charge in [-0.3, -0.25) is 9.59 Å². The zero-order chi connectivity index (χ0) is 20.8. The number of carbonyl (C=O) groups is 1. The summed E-state index contributed by atoms with van der Waals surface area (Å²) in [5.74, 6) is 0.957. The molecule has 8 heteroatoms. The lowest BCUT2D eigenvalue weighted by molar-refractivity contribution is -0.112. The van der Waals surface area contributed by atoms with Gasteiger partial charge in [-0.1, -0.05) is 42.2 Å². The molecule has 5 rings (SSSR count). The van der Waals surface area contributed by atoms with E-state index >= 15 is 0 Å². The summed E-state index contributed by atoms with van der Waals surface area (Å²) in [5.41, 5.74) is 2.37. The van der Waals surface area contributed by atoms with E-state index in [-0.39, 0.29) is 11.5 Å². The van der Waals surface area contributed by atoms with Gasteiger partial charge in [-0.25, -0.2) is 0 Å². The van der Waals surface area contributed by atoms with Gasteiger partial charge in [0.15, 0.2) is 5.82 Å². The predicted molar refractivity (Wildman–Crippen MR) is 116 cm³/mol. The predicted octanol–water partition coefficient (Wildman–Crippen LogP) is 2.28. The summed E-state index contributed by atoms with van der Waals surface area (Å²) in [5, 5.41) is 4.37. The number of ether oxygens (including phenoxy) is 1. The number of benzene rings is 2. The SMILES string of the molecule is C=CCOc1ccc(-c2nc3s/c(=C4\C(=O)N(C)c5ccccc54)c(=O)n3n2)cc1. The number of hydrogen-bond donors (Lipinski definition) is 0. The standard InChI is InChI=1S/C22H16N4O3S/c1-3-12-29-14-10-8-13(9-11-14)19-23-22-26(24-19)21(28)18(30-22)17-15-6-4-5-7-16(15)25(2)20(17)27/h3-11H,1,12H2,2H3/b18-17-. The third-order valence-electron chi connectivity index (χ3n) is 4.92. The average molecular weight is 416 g/mol. The summed E-state index contributed by atoms with van der Waals surface area (Å²) in [6.07, 6.45) is 1.68. The number of hydrogen-bond acceptors (Lipinski definition) is 6. The van der Waals surface area contributed by atoms with Gasteiger partial charge in [-0.2, -0.15) is 9.50 Å². The van der Waals surface area contributed by atoms with Crippen molar-refractivity contribution in [3.8, 4) is 17.1 Å². The van der Waals surface area contributed by atoms with Crippen LogP contribution in [-0.2, 0) is 4.79 Å². The van der Waals surface area contributed by atoms with Gasteiger partial charge >= 0.3 is 0 Å². The first-order valence-corrected chi connectivity index (χ1v) is 10.1. The molecule has 0 fully saturated rings. The summed E-state index contributed by atoms with van der Waals surface area (Å²) in [6, 6.07) is 14.7. The molecule has 1 amide bonds.